The van der Waals surface area contributed by atoms with Crippen LogP contribution in [0, 0.1) is 6.92 Å². The summed E-state index contributed by atoms with van der Waals surface area (Å²) in [6.07, 6.45) is 5.87. The number of carbonyl (C=O) groups is 2. The summed E-state index contributed by atoms with van der Waals surface area (Å²) in [5.74, 6) is -0.283. The lowest BCUT2D eigenvalue weighted by atomic mass is 10.1. The first-order valence-corrected chi connectivity index (χ1v) is 8.87. The highest BCUT2D eigenvalue weighted by Gasteiger charge is 2.28. The molecule has 1 aliphatic carbocycles. The lowest BCUT2D eigenvalue weighted by Gasteiger charge is -2.19. The van der Waals surface area contributed by atoms with Gasteiger partial charge in [-0.25, -0.2) is 4.79 Å². The van der Waals surface area contributed by atoms with E-state index in [1.165, 1.54) is 12.8 Å². The van der Waals surface area contributed by atoms with Crippen molar-refractivity contribution in [2.45, 2.75) is 84.3 Å². The van der Waals surface area contributed by atoms with Crippen molar-refractivity contribution in [3.8, 4) is 0 Å². The Kier molecular flexibility index (Phi) is 6.40. The molecule has 0 aromatic carbocycles. The van der Waals surface area contributed by atoms with Crippen LogP contribution in [-0.2, 0) is 9.53 Å². The molecule has 0 saturated heterocycles. The fraction of sp³-hybridized carbons (Fsp3) is 0.722. The molecular formula is C18H28N2O4. The standard InChI is InChI=1S/C18H28N2O4/c1-11(2)16-15(12(3)20-24-16)18(22)23-13(4)17(21)19-14-9-7-5-6-8-10-14/h11,13-14H,5-10H2,1-4H3,(H,19,21)/t13-/m0/s1. The zero-order valence-corrected chi connectivity index (χ0v) is 15.1. The summed E-state index contributed by atoms with van der Waals surface area (Å²) in [6, 6.07) is 0.185. The van der Waals surface area contributed by atoms with E-state index in [0.717, 1.165) is 25.7 Å². The smallest absolute Gasteiger partial charge is 0.344 e. The number of aromatic nitrogens is 1. The van der Waals surface area contributed by atoms with E-state index < -0.39 is 12.1 Å². The van der Waals surface area contributed by atoms with Crippen molar-refractivity contribution in [1.29, 1.82) is 0 Å². The fourth-order valence-corrected chi connectivity index (χ4v) is 3.04. The number of esters is 1. The van der Waals surface area contributed by atoms with Gasteiger partial charge >= 0.3 is 5.97 Å². The molecule has 0 spiro atoms. The zero-order valence-electron chi connectivity index (χ0n) is 15.1. The summed E-state index contributed by atoms with van der Waals surface area (Å²) < 4.78 is 10.6. The van der Waals surface area contributed by atoms with Gasteiger partial charge in [0.15, 0.2) is 11.9 Å². The van der Waals surface area contributed by atoms with Gasteiger partial charge in [-0.05, 0) is 26.7 Å². The first kappa shape index (κ1) is 18.5. The van der Waals surface area contributed by atoms with Crippen molar-refractivity contribution in [3.63, 3.8) is 0 Å². The molecule has 1 N–H and O–H groups in total. The number of aryl methyl sites for hydroxylation is 1. The van der Waals surface area contributed by atoms with Crippen LogP contribution in [0.5, 0.6) is 0 Å². The average molecular weight is 336 g/mol. The second-order valence-corrected chi connectivity index (χ2v) is 6.91. The summed E-state index contributed by atoms with van der Waals surface area (Å²) in [6.45, 7) is 7.13. The molecule has 1 atom stereocenters. The third kappa shape index (κ3) is 4.58. The maximum absolute atomic E-state index is 12.4. The quantitative estimate of drug-likeness (QED) is 0.657. The van der Waals surface area contributed by atoms with Gasteiger partial charge in [0, 0.05) is 12.0 Å². The molecule has 0 unspecified atom stereocenters. The molecular weight excluding hydrogens is 308 g/mol. The Bertz CT molecular complexity index is 572. The Morgan fingerprint density at radius 2 is 1.79 bits per heavy atom. The Labute approximate surface area is 143 Å². The highest BCUT2D eigenvalue weighted by molar-refractivity contribution is 5.94. The third-order valence-corrected chi connectivity index (χ3v) is 4.47. The van der Waals surface area contributed by atoms with E-state index in [9.17, 15) is 9.59 Å². The van der Waals surface area contributed by atoms with Crippen LogP contribution in [0.15, 0.2) is 4.52 Å². The van der Waals surface area contributed by atoms with Crippen molar-refractivity contribution < 1.29 is 18.8 Å². The monoisotopic (exact) mass is 336 g/mol. The van der Waals surface area contributed by atoms with Crippen LogP contribution in [0.2, 0.25) is 0 Å². The van der Waals surface area contributed by atoms with E-state index in [4.69, 9.17) is 9.26 Å². The Balaban J connectivity index is 1.95. The lowest BCUT2D eigenvalue weighted by Crippen LogP contribution is -2.42. The number of amides is 1. The van der Waals surface area contributed by atoms with Crippen LogP contribution >= 0.6 is 0 Å². The molecule has 1 amide bonds. The summed E-state index contributed by atoms with van der Waals surface area (Å²) in [5.41, 5.74) is 0.819. The van der Waals surface area contributed by atoms with Gasteiger partial charge in [0.05, 0.1) is 5.69 Å². The zero-order chi connectivity index (χ0) is 17.7. The van der Waals surface area contributed by atoms with Crippen LogP contribution in [-0.4, -0.2) is 29.2 Å². The SMILES string of the molecule is Cc1noc(C(C)C)c1C(=O)O[C@@H](C)C(=O)NC1CCCCCC1. The normalized spacial score (nSPS) is 17.4. The molecule has 1 aromatic heterocycles. The van der Waals surface area contributed by atoms with E-state index in [-0.39, 0.29) is 17.9 Å². The predicted molar refractivity (Wildman–Crippen MR) is 89.8 cm³/mol. The second-order valence-electron chi connectivity index (χ2n) is 6.91. The molecule has 134 valence electrons. The van der Waals surface area contributed by atoms with Gasteiger partial charge in [0.25, 0.3) is 5.91 Å². The van der Waals surface area contributed by atoms with Crippen LogP contribution < -0.4 is 5.32 Å². The third-order valence-electron chi connectivity index (χ3n) is 4.47. The number of nitrogens with one attached hydrogen (secondary N) is 1. The maximum atomic E-state index is 12.4. The molecule has 0 bridgehead atoms. The molecule has 24 heavy (non-hydrogen) atoms. The number of rotatable bonds is 5. The number of nitrogens with zero attached hydrogens (tertiary/aromatic N) is 1. The van der Waals surface area contributed by atoms with Crippen LogP contribution in [0.3, 0.4) is 0 Å². The minimum Gasteiger partial charge on any atom is -0.449 e. The summed E-state index contributed by atoms with van der Waals surface area (Å²) >= 11 is 0. The van der Waals surface area contributed by atoms with Crippen LogP contribution in [0.1, 0.15) is 87.0 Å². The van der Waals surface area contributed by atoms with Gasteiger partial charge in [-0.15, -0.1) is 0 Å². The van der Waals surface area contributed by atoms with Crippen molar-refractivity contribution in [2.75, 3.05) is 0 Å². The molecule has 0 radical (unpaired) electrons. The Morgan fingerprint density at radius 3 is 2.38 bits per heavy atom. The van der Waals surface area contributed by atoms with Gasteiger partial charge in [0.2, 0.25) is 0 Å². The van der Waals surface area contributed by atoms with Crippen molar-refractivity contribution in [1.82, 2.24) is 10.5 Å². The molecule has 1 aromatic rings. The van der Waals surface area contributed by atoms with Gasteiger partial charge in [-0.1, -0.05) is 44.7 Å². The van der Waals surface area contributed by atoms with E-state index in [0.29, 0.717) is 17.0 Å². The Morgan fingerprint density at radius 1 is 1.17 bits per heavy atom. The fourth-order valence-electron chi connectivity index (χ4n) is 3.04. The summed E-state index contributed by atoms with van der Waals surface area (Å²) in [5, 5.41) is 6.84. The van der Waals surface area contributed by atoms with Crippen molar-refractivity contribution >= 4 is 11.9 Å². The summed E-state index contributed by atoms with van der Waals surface area (Å²) in [4.78, 5) is 24.7. The van der Waals surface area contributed by atoms with Gasteiger partial charge in [-0.3, -0.25) is 4.79 Å². The molecule has 1 aliphatic rings. The van der Waals surface area contributed by atoms with E-state index in [1.807, 2.05) is 13.8 Å². The van der Waals surface area contributed by atoms with Crippen LogP contribution in [0.25, 0.3) is 0 Å². The lowest BCUT2D eigenvalue weighted by molar-refractivity contribution is -0.129. The van der Waals surface area contributed by atoms with Crippen molar-refractivity contribution in [3.05, 3.63) is 17.0 Å². The molecule has 6 nitrogen and oxygen atoms in total. The minimum absolute atomic E-state index is 0.0175. The predicted octanol–water partition coefficient (Wildman–Crippen LogP) is 3.49. The second kappa shape index (κ2) is 8.31. The molecule has 1 fully saturated rings. The van der Waals surface area contributed by atoms with Gasteiger partial charge in [0.1, 0.15) is 5.56 Å². The molecule has 2 rings (SSSR count). The molecule has 6 heteroatoms. The molecule has 1 heterocycles. The van der Waals surface area contributed by atoms with E-state index in [2.05, 4.69) is 10.5 Å². The topological polar surface area (TPSA) is 81.4 Å². The average Bonchev–Trinajstić information content (AvgIpc) is 2.74. The number of ether oxygens (including phenoxy) is 1. The number of hydrogen-bond acceptors (Lipinski definition) is 5. The number of hydrogen-bond donors (Lipinski definition) is 1. The summed E-state index contributed by atoms with van der Waals surface area (Å²) in [7, 11) is 0. The maximum Gasteiger partial charge on any atom is 0.344 e. The Hall–Kier alpha value is -1.85. The van der Waals surface area contributed by atoms with Crippen LogP contribution in [0.4, 0.5) is 0 Å². The van der Waals surface area contributed by atoms with E-state index in [1.54, 1.807) is 13.8 Å². The highest BCUT2D eigenvalue weighted by atomic mass is 16.5. The van der Waals surface area contributed by atoms with Gasteiger partial charge in [-0.2, -0.15) is 0 Å². The first-order chi connectivity index (χ1) is 11.4. The molecule has 1 saturated carbocycles. The first-order valence-electron chi connectivity index (χ1n) is 8.87. The number of carbonyl (C=O) groups excluding carboxylic acids is 2. The van der Waals surface area contributed by atoms with E-state index >= 15 is 0 Å². The minimum atomic E-state index is -0.838. The largest absolute Gasteiger partial charge is 0.449 e. The highest BCUT2D eigenvalue weighted by Crippen LogP contribution is 2.23. The molecule has 0 aliphatic heterocycles. The van der Waals surface area contributed by atoms with Crippen molar-refractivity contribution in [2.24, 2.45) is 0 Å². The van der Waals surface area contributed by atoms with Gasteiger partial charge < -0.3 is 14.6 Å².